The molecule has 3 rings (SSSR count). The van der Waals surface area contributed by atoms with Crippen LogP contribution in [-0.4, -0.2) is 28.8 Å². The third-order valence-corrected chi connectivity index (χ3v) is 5.05. The highest BCUT2D eigenvalue weighted by molar-refractivity contribution is 9.11. The molecule has 0 aliphatic carbocycles. The molecule has 1 heterocycles. The van der Waals surface area contributed by atoms with Crippen LogP contribution in [0, 0.1) is 6.92 Å². The van der Waals surface area contributed by atoms with Crippen LogP contribution in [-0.2, 0) is 11.3 Å². The Bertz CT molecular complexity index is 1120. The summed E-state index contributed by atoms with van der Waals surface area (Å²) in [5.74, 6) is 0.748. The van der Waals surface area contributed by atoms with Gasteiger partial charge < -0.3 is 4.74 Å². The Kier molecular flexibility index (Phi) is 6.25. The van der Waals surface area contributed by atoms with Gasteiger partial charge in [0.1, 0.15) is 18.1 Å². The van der Waals surface area contributed by atoms with Crippen molar-refractivity contribution in [1.82, 2.24) is 15.0 Å². The van der Waals surface area contributed by atoms with E-state index in [0.717, 1.165) is 15.8 Å². The minimum Gasteiger partial charge on any atom is -0.497 e. The van der Waals surface area contributed by atoms with E-state index in [0.29, 0.717) is 21.2 Å². The van der Waals surface area contributed by atoms with Crippen molar-refractivity contribution in [2.75, 3.05) is 7.11 Å². The number of aryl methyl sites for hydroxylation is 1. The molecule has 9 heteroatoms. The summed E-state index contributed by atoms with van der Waals surface area (Å²) < 4.78 is 7.86. The van der Waals surface area contributed by atoms with Crippen LogP contribution in [0.2, 0.25) is 0 Å². The second-order valence-electron chi connectivity index (χ2n) is 5.90. The van der Waals surface area contributed by atoms with Crippen molar-refractivity contribution in [2.45, 2.75) is 13.5 Å². The summed E-state index contributed by atoms with van der Waals surface area (Å²) in [6, 6.07) is 10.7. The van der Waals surface area contributed by atoms with E-state index in [2.05, 4.69) is 47.4 Å². The molecule has 28 heavy (non-hydrogen) atoms. The lowest BCUT2D eigenvalue weighted by atomic mass is 10.2. The van der Waals surface area contributed by atoms with Gasteiger partial charge in [-0.05, 0) is 64.8 Å². The maximum Gasteiger partial charge on any atom is 0.261 e. The number of amides is 1. The minimum absolute atomic E-state index is 0.183. The molecule has 0 aliphatic rings. The normalized spacial score (nSPS) is 11.1. The number of fused-ring (bicyclic) bond motifs is 1. The summed E-state index contributed by atoms with van der Waals surface area (Å²) in [5, 5.41) is 4.34. The minimum atomic E-state index is -0.426. The summed E-state index contributed by atoms with van der Waals surface area (Å²) >= 11 is 6.77. The predicted octanol–water partition coefficient (Wildman–Crippen LogP) is 3.39. The van der Waals surface area contributed by atoms with E-state index in [1.165, 1.54) is 10.8 Å². The topological polar surface area (TPSA) is 85.6 Å². The fourth-order valence-corrected chi connectivity index (χ4v) is 3.91. The number of aromatic nitrogens is 2. The number of halogens is 2. The zero-order valence-electron chi connectivity index (χ0n) is 15.1. The first-order chi connectivity index (χ1) is 13.4. The highest BCUT2D eigenvalue weighted by Gasteiger charge is 2.13. The molecule has 1 amide bonds. The molecule has 0 bridgehead atoms. The average molecular weight is 508 g/mol. The van der Waals surface area contributed by atoms with Crippen molar-refractivity contribution < 1.29 is 9.53 Å². The molecule has 0 saturated carbocycles. The molecule has 0 atom stereocenters. The van der Waals surface area contributed by atoms with Crippen molar-refractivity contribution in [3.05, 3.63) is 67.1 Å². The molecular formula is C19H16Br2N4O3. The maximum atomic E-state index is 12.8. The molecule has 1 aromatic heterocycles. The number of carbonyl (C=O) groups excluding carboxylic acids is 1. The number of carbonyl (C=O) groups is 1. The number of hydrogen-bond donors (Lipinski definition) is 1. The van der Waals surface area contributed by atoms with Gasteiger partial charge in [-0.15, -0.1) is 0 Å². The molecule has 0 aliphatic heterocycles. The molecule has 3 aromatic rings. The number of hydrazone groups is 1. The molecule has 0 radical (unpaired) electrons. The molecule has 0 fully saturated rings. The molecule has 144 valence electrons. The highest BCUT2D eigenvalue weighted by Crippen LogP contribution is 2.25. The van der Waals surface area contributed by atoms with Crippen LogP contribution in [0.15, 0.2) is 55.2 Å². The van der Waals surface area contributed by atoms with E-state index >= 15 is 0 Å². The second kappa shape index (κ2) is 8.66. The third-order valence-electron chi connectivity index (χ3n) is 3.99. The van der Waals surface area contributed by atoms with E-state index in [-0.39, 0.29) is 12.1 Å². The fraction of sp³-hybridized carbons (Fsp3) is 0.158. The number of benzene rings is 2. The van der Waals surface area contributed by atoms with Gasteiger partial charge in [0.2, 0.25) is 0 Å². The van der Waals surface area contributed by atoms with Crippen LogP contribution < -0.4 is 15.7 Å². The van der Waals surface area contributed by atoms with Crippen molar-refractivity contribution in [1.29, 1.82) is 0 Å². The quantitative estimate of drug-likeness (QED) is 0.423. The highest BCUT2D eigenvalue weighted by atomic mass is 79.9. The SMILES string of the molecule is COc1ccc(/C=N/NC(=O)Cn2c(C)nc3c(Br)cc(Br)cc3c2=O)cc1. The summed E-state index contributed by atoms with van der Waals surface area (Å²) in [6.45, 7) is 1.50. The summed E-state index contributed by atoms with van der Waals surface area (Å²) in [4.78, 5) is 29.5. The Morgan fingerprint density at radius 2 is 2.00 bits per heavy atom. The van der Waals surface area contributed by atoms with Crippen molar-refractivity contribution in [2.24, 2.45) is 5.10 Å². The standard InChI is InChI=1S/C19H16Br2N4O3/c1-11-23-18-15(7-13(20)8-16(18)21)19(27)25(11)10-17(26)24-22-9-12-3-5-14(28-2)6-4-12/h3-9H,10H2,1-2H3,(H,24,26)/b22-9+. The van der Waals surface area contributed by atoms with Gasteiger partial charge in [0.15, 0.2) is 0 Å². The third kappa shape index (κ3) is 4.48. The van der Waals surface area contributed by atoms with Crippen LogP contribution >= 0.6 is 31.9 Å². The second-order valence-corrected chi connectivity index (χ2v) is 7.67. The van der Waals surface area contributed by atoms with Gasteiger partial charge in [-0.2, -0.15) is 5.10 Å². The average Bonchev–Trinajstić information content (AvgIpc) is 2.67. The fourth-order valence-electron chi connectivity index (χ4n) is 2.59. The maximum absolute atomic E-state index is 12.8. The summed E-state index contributed by atoms with van der Waals surface area (Å²) in [5.41, 5.74) is 3.49. The van der Waals surface area contributed by atoms with E-state index in [1.807, 2.05) is 18.2 Å². The van der Waals surface area contributed by atoms with E-state index in [1.54, 1.807) is 32.2 Å². The number of rotatable bonds is 5. The van der Waals surface area contributed by atoms with Crippen molar-refractivity contribution in [3.8, 4) is 5.75 Å². The number of nitrogens with zero attached hydrogens (tertiary/aromatic N) is 3. The van der Waals surface area contributed by atoms with Gasteiger partial charge in [-0.25, -0.2) is 10.4 Å². The van der Waals surface area contributed by atoms with E-state index in [9.17, 15) is 9.59 Å². The van der Waals surface area contributed by atoms with E-state index in [4.69, 9.17) is 4.74 Å². The molecule has 7 nitrogen and oxygen atoms in total. The molecule has 0 unspecified atom stereocenters. The van der Waals surface area contributed by atoms with Gasteiger partial charge in [0.05, 0.1) is 24.2 Å². The van der Waals surface area contributed by atoms with Crippen molar-refractivity contribution in [3.63, 3.8) is 0 Å². The smallest absolute Gasteiger partial charge is 0.261 e. The van der Waals surface area contributed by atoms with Crippen LogP contribution in [0.1, 0.15) is 11.4 Å². The Balaban J connectivity index is 1.77. The first kappa shape index (κ1) is 20.2. The zero-order chi connectivity index (χ0) is 20.3. The van der Waals surface area contributed by atoms with Gasteiger partial charge in [0.25, 0.3) is 11.5 Å². The van der Waals surface area contributed by atoms with Crippen LogP contribution in [0.5, 0.6) is 5.75 Å². The number of methoxy groups -OCH3 is 1. The number of nitrogens with one attached hydrogen (secondary N) is 1. The van der Waals surface area contributed by atoms with Crippen LogP contribution in [0.3, 0.4) is 0 Å². The lowest BCUT2D eigenvalue weighted by Gasteiger charge is -2.11. The molecule has 2 aromatic carbocycles. The number of hydrogen-bond acceptors (Lipinski definition) is 5. The van der Waals surface area contributed by atoms with Gasteiger partial charge in [-0.3, -0.25) is 14.2 Å². The van der Waals surface area contributed by atoms with Gasteiger partial charge in [0, 0.05) is 8.95 Å². The molecule has 0 spiro atoms. The van der Waals surface area contributed by atoms with Crippen LogP contribution in [0.25, 0.3) is 10.9 Å². The Morgan fingerprint density at radius 3 is 2.68 bits per heavy atom. The lowest BCUT2D eigenvalue weighted by molar-refractivity contribution is -0.121. The molecule has 1 N–H and O–H groups in total. The predicted molar refractivity (Wildman–Crippen MR) is 115 cm³/mol. The summed E-state index contributed by atoms with van der Waals surface area (Å²) in [6.07, 6.45) is 1.51. The zero-order valence-corrected chi connectivity index (χ0v) is 18.2. The van der Waals surface area contributed by atoms with Crippen molar-refractivity contribution >= 4 is 54.9 Å². The first-order valence-corrected chi connectivity index (χ1v) is 9.80. The van der Waals surface area contributed by atoms with Gasteiger partial charge in [-0.1, -0.05) is 15.9 Å². The largest absolute Gasteiger partial charge is 0.497 e. The molecular weight excluding hydrogens is 492 g/mol. The molecule has 0 saturated heterocycles. The Morgan fingerprint density at radius 1 is 1.29 bits per heavy atom. The lowest BCUT2D eigenvalue weighted by Crippen LogP contribution is -2.32. The monoisotopic (exact) mass is 506 g/mol. The number of ether oxygens (including phenoxy) is 1. The van der Waals surface area contributed by atoms with Gasteiger partial charge >= 0.3 is 0 Å². The van der Waals surface area contributed by atoms with Crippen LogP contribution in [0.4, 0.5) is 0 Å². The Labute approximate surface area is 177 Å². The summed E-state index contributed by atoms with van der Waals surface area (Å²) in [7, 11) is 1.59. The first-order valence-electron chi connectivity index (χ1n) is 8.21. The Hall–Kier alpha value is -2.52. The van der Waals surface area contributed by atoms with E-state index < -0.39 is 5.91 Å².